The predicted molar refractivity (Wildman–Crippen MR) is 73.6 cm³/mol. The maximum atomic E-state index is 11.6. The normalized spacial score (nSPS) is 15.2. The number of hydrogen-bond acceptors (Lipinski definition) is 5. The van der Waals surface area contributed by atoms with E-state index in [4.69, 9.17) is 10.00 Å². The van der Waals surface area contributed by atoms with Gasteiger partial charge in [-0.05, 0) is 30.5 Å². The van der Waals surface area contributed by atoms with Crippen LogP contribution in [0.4, 0.5) is 0 Å². The number of nitriles is 1. The molecule has 1 aliphatic carbocycles. The fourth-order valence-electron chi connectivity index (χ4n) is 2.68. The first-order valence-electron chi connectivity index (χ1n) is 6.89. The van der Waals surface area contributed by atoms with E-state index in [1.54, 1.807) is 12.3 Å². The molecule has 0 aromatic carbocycles. The quantitative estimate of drug-likeness (QED) is 0.766. The third kappa shape index (κ3) is 3.78. The van der Waals surface area contributed by atoms with Gasteiger partial charge in [0.05, 0.1) is 13.7 Å². The van der Waals surface area contributed by atoms with Gasteiger partial charge in [-0.25, -0.2) is 4.98 Å². The number of methoxy groups -OCH3 is 1. The molecule has 5 nitrogen and oxygen atoms in total. The molecule has 1 aromatic heterocycles. The predicted octanol–water partition coefficient (Wildman–Crippen LogP) is 1.87. The Morgan fingerprint density at radius 1 is 1.55 bits per heavy atom. The second kappa shape index (κ2) is 7.01. The Bertz CT molecular complexity index is 504. The minimum atomic E-state index is -0.216. The molecule has 0 radical (unpaired) electrons. The van der Waals surface area contributed by atoms with Crippen LogP contribution in [-0.4, -0.2) is 35.5 Å². The Balaban J connectivity index is 2.09. The Morgan fingerprint density at radius 3 is 2.95 bits per heavy atom. The number of ether oxygens (including phenoxy) is 1. The summed E-state index contributed by atoms with van der Waals surface area (Å²) in [6.07, 6.45) is 6.30. The van der Waals surface area contributed by atoms with Crippen molar-refractivity contribution in [2.45, 2.75) is 38.3 Å². The Morgan fingerprint density at radius 2 is 2.30 bits per heavy atom. The number of rotatable bonds is 5. The highest BCUT2D eigenvalue weighted by Crippen LogP contribution is 2.24. The van der Waals surface area contributed by atoms with Crippen LogP contribution in [0.5, 0.6) is 0 Å². The highest BCUT2D eigenvalue weighted by molar-refractivity contribution is 5.71. The van der Waals surface area contributed by atoms with Crippen LogP contribution in [0.15, 0.2) is 18.3 Å². The average Bonchev–Trinajstić information content (AvgIpc) is 3.00. The third-order valence-electron chi connectivity index (χ3n) is 3.73. The van der Waals surface area contributed by atoms with Gasteiger partial charge in [-0.1, -0.05) is 12.8 Å². The van der Waals surface area contributed by atoms with Crippen LogP contribution in [0.1, 0.15) is 36.9 Å². The van der Waals surface area contributed by atoms with Gasteiger partial charge >= 0.3 is 5.97 Å². The SMILES string of the molecule is COC(=O)CN(Cc1ccnc(C#N)c1)C1CCCC1. The second-order valence-electron chi connectivity index (χ2n) is 5.08. The average molecular weight is 273 g/mol. The van der Waals surface area contributed by atoms with Crippen LogP contribution >= 0.6 is 0 Å². The van der Waals surface area contributed by atoms with Crippen molar-refractivity contribution in [3.8, 4) is 6.07 Å². The van der Waals surface area contributed by atoms with E-state index < -0.39 is 0 Å². The van der Waals surface area contributed by atoms with Crippen LogP contribution in [0.2, 0.25) is 0 Å². The molecule has 0 aliphatic heterocycles. The lowest BCUT2D eigenvalue weighted by molar-refractivity contribution is -0.142. The first-order chi connectivity index (χ1) is 9.72. The minimum absolute atomic E-state index is 0.216. The standard InChI is InChI=1S/C15H19N3O2/c1-20-15(19)11-18(14-4-2-3-5-14)10-12-6-7-17-13(8-12)9-16/h6-8,14H,2-5,10-11H2,1H3. The van der Waals surface area contributed by atoms with Gasteiger partial charge in [-0.2, -0.15) is 5.26 Å². The Hall–Kier alpha value is -1.93. The molecule has 5 heteroatoms. The van der Waals surface area contributed by atoms with Crippen LogP contribution < -0.4 is 0 Å². The number of carbonyl (C=O) groups excluding carboxylic acids is 1. The topological polar surface area (TPSA) is 66.2 Å². The van der Waals surface area contributed by atoms with Gasteiger partial charge in [0.1, 0.15) is 11.8 Å². The largest absolute Gasteiger partial charge is 0.468 e. The van der Waals surface area contributed by atoms with Gasteiger partial charge in [0.2, 0.25) is 0 Å². The van der Waals surface area contributed by atoms with Crippen LogP contribution in [0, 0.1) is 11.3 Å². The van der Waals surface area contributed by atoms with Gasteiger partial charge in [0, 0.05) is 18.8 Å². The van der Waals surface area contributed by atoms with E-state index in [0.29, 0.717) is 24.8 Å². The molecule has 0 spiro atoms. The van der Waals surface area contributed by atoms with Crippen molar-refractivity contribution in [3.05, 3.63) is 29.6 Å². The molecule has 0 bridgehead atoms. The van der Waals surface area contributed by atoms with E-state index in [9.17, 15) is 4.79 Å². The van der Waals surface area contributed by atoms with Crippen LogP contribution in [0.3, 0.4) is 0 Å². The smallest absolute Gasteiger partial charge is 0.319 e. The van der Waals surface area contributed by atoms with E-state index >= 15 is 0 Å². The third-order valence-corrected chi connectivity index (χ3v) is 3.73. The minimum Gasteiger partial charge on any atom is -0.468 e. The number of pyridine rings is 1. The van der Waals surface area contributed by atoms with Crippen molar-refractivity contribution < 1.29 is 9.53 Å². The van der Waals surface area contributed by atoms with Crippen molar-refractivity contribution in [2.75, 3.05) is 13.7 Å². The molecule has 0 unspecified atom stereocenters. The second-order valence-corrected chi connectivity index (χ2v) is 5.08. The first kappa shape index (κ1) is 14.5. The van der Waals surface area contributed by atoms with Gasteiger partial charge in [-0.15, -0.1) is 0 Å². The van der Waals surface area contributed by atoms with Crippen molar-refractivity contribution in [1.82, 2.24) is 9.88 Å². The summed E-state index contributed by atoms with van der Waals surface area (Å²) in [7, 11) is 1.41. The Labute approximate surface area is 119 Å². The van der Waals surface area contributed by atoms with E-state index in [1.165, 1.54) is 20.0 Å². The molecule has 1 heterocycles. The molecule has 20 heavy (non-hydrogen) atoms. The molecule has 0 atom stereocenters. The fourth-order valence-corrected chi connectivity index (χ4v) is 2.68. The van der Waals surface area contributed by atoms with E-state index in [1.807, 2.05) is 12.1 Å². The summed E-state index contributed by atoms with van der Waals surface area (Å²) >= 11 is 0. The van der Waals surface area contributed by atoms with Crippen LogP contribution in [-0.2, 0) is 16.1 Å². The van der Waals surface area contributed by atoms with E-state index in [2.05, 4.69) is 9.88 Å². The fraction of sp³-hybridized carbons (Fsp3) is 0.533. The molecule has 0 N–H and O–H groups in total. The number of aromatic nitrogens is 1. The summed E-state index contributed by atoms with van der Waals surface area (Å²) in [6.45, 7) is 0.947. The highest BCUT2D eigenvalue weighted by Gasteiger charge is 2.24. The lowest BCUT2D eigenvalue weighted by atomic mass is 10.1. The number of hydrogen-bond donors (Lipinski definition) is 0. The van der Waals surface area contributed by atoms with Crippen molar-refractivity contribution >= 4 is 5.97 Å². The van der Waals surface area contributed by atoms with Gasteiger partial charge in [-0.3, -0.25) is 9.69 Å². The maximum absolute atomic E-state index is 11.6. The van der Waals surface area contributed by atoms with Crippen molar-refractivity contribution in [2.24, 2.45) is 0 Å². The number of carbonyl (C=O) groups is 1. The van der Waals surface area contributed by atoms with E-state index in [-0.39, 0.29) is 5.97 Å². The molecular formula is C15H19N3O2. The van der Waals surface area contributed by atoms with Crippen molar-refractivity contribution in [1.29, 1.82) is 5.26 Å². The zero-order chi connectivity index (χ0) is 14.4. The molecule has 1 fully saturated rings. The van der Waals surface area contributed by atoms with Crippen molar-refractivity contribution in [3.63, 3.8) is 0 Å². The molecule has 0 amide bonds. The Kier molecular flexibility index (Phi) is 5.08. The first-order valence-corrected chi connectivity index (χ1v) is 6.89. The summed E-state index contributed by atoms with van der Waals surface area (Å²) in [5.41, 5.74) is 1.42. The molecule has 1 aliphatic rings. The van der Waals surface area contributed by atoms with E-state index in [0.717, 1.165) is 18.4 Å². The lowest BCUT2D eigenvalue weighted by Gasteiger charge is -2.27. The zero-order valence-electron chi connectivity index (χ0n) is 11.7. The highest BCUT2D eigenvalue weighted by atomic mass is 16.5. The molecule has 106 valence electrons. The summed E-state index contributed by atoms with van der Waals surface area (Å²) in [6, 6.07) is 6.13. The zero-order valence-corrected chi connectivity index (χ0v) is 11.7. The molecular weight excluding hydrogens is 254 g/mol. The van der Waals surface area contributed by atoms with Crippen LogP contribution in [0.25, 0.3) is 0 Å². The monoisotopic (exact) mass is 273 g/mol. The number of nitrogens with zero attached hydrogens (tertiary/aromatic N) is 3. The summed E-state index contributed by atoms with van der Waals surface area (Å²) in [5.74, 6) is -0.216. The molecule has 1 aromatic rings. The van der Waals surface area contributed by atoms with Gasteiger partial charge in [0.25, 0.3) is 0 Å². The number of esters is 1. The maximum Gasteiger partial charge on any atom is 0.319 e. The molecule has 2 rings (SSSR count). The molecule has 0 saturated heterocycles. The summed E-state index contributed by atoms with van der Waals surface area (Å²) in [5, 5.41) is 8.89. The summed E-state index contributed by atoms with van der Waals surface area (Å²) < 4.78 is 4.78. The molecule has 1 saturated carbocycles. The summed E-state index contributed by atoms with van der Waals surface area (Å²) in [4.78, 5) is 17.7. The lowest BCUT2D eigenvalue weighted by Crippen LogP contribution is -2.37. The van der Waals surface area contributed by atoms with Gasteiger partial charge in [0.15, 0.2) is 0 Å². The van der Waals surface area contributed by atoms with Gasteiger partial charge < -0.3 is 4.74 Å².